The molecule has 2 nitrogen and oxygen atoms in total. The summed E-state index contributed by atoms with van der Waals surface area (Å²) >= 11 is 0. The lowest BCUT2D eigenvalue weighted by atomic mass is 9.83. The highest BCUT2D eigenvalue weighted by Crippen LogP contribution is 2.44. The maximum absolute atomic E-state index is 11.1. The molecule has 1 aliphatic carbocycles. The molecule has 0 saturated heterocycles. The highest BCUT2D eigenvalue weighted by Gasteiger charge is 2.33. The zero-order valence-electron chi connectivity index (χ0n) is 8.89. The van der Waals surface area contributed by atoms with Gasteiger partial charge in [0.2, 0.25) is 0 Å². The summed E-state index contributed by atoms with van der Waals surface area (Å²) in [6.07, 6.45) is 4.11. The molecular formula is C11H18O2. The third-order valence-corrected chi connectivity index (χ3v) is 2.36. The van der Waals surface area contributed by atoms with Gasteiger partial charge >= 0.3 is 5.97 Å². The summed E-state index contributed by atoms with van der Waals surface area (Å²) in [6, 6.07) is 0. The molecule has 0 aliphatic heterocycles. The van der Waals surface area contributed by atoms with Crippen LogP contribution >= 0.6 is 0 Å². The summed E-state index contributed by atoms with van der Waals surface area (Å²) in [5.41, 5.74) is 1.33. The maximum Gasteiger partial charge on any atom is 0.330 e. The molecule has 0 bridgehead atoms. The van der Waals surface area contributed by atoms with Crippen LogP contribution < -0.4 is 0 Å². The van der Waals surface area contributed by atoms with Crippen molar-refractivity contribution in [2.24, 2.45) is 11.3 Å². The number of methoxy groups -OCH3 is 1. The second-order valence-electron chi connectivity index (χ2n) is 4.65. The molecule has 1 aliphatic rings. The van der Waals surface area contributed by atoms with Crippen molar-refractivity contribution in [3.63, 3.8) is 0 Å². The van der Waals surface area contributed by atoms with E-state index in [-0.39, 0.29) is 11.4 Å². The first kappa shape index (κ1) is 10.3. The minimum absolute atomic E-state index is 0.0926. The predicted molar refractivity (Wildman–Crippen MR) is 52.3 cm³/mol. The molecule has 1 fully saturated rings. The normalized spacial score (nSPS) is 18.6. The molecule has 0 spiro atoms. The number of hydrogen-bond acceptors (Lipinski definition) is 2. The number of allylic oxidation sites excluding steroid dienone is 1. The molecular weight excluding hydrogens is 164 g/mol. The number of rotatable bonds is 2. The van der Waals surface area contributed by atoms with Crippen molar-refractivity contribution in [2.75, 3.05) is 7.11 Å². The van der Waals surface area contributed by atoms with Crippen LogP contribution in [0.3, 0.4) is 0 Å². The van der Waals surface area contributed by atoms with Crippen molar-refractivity contribution in [1.82, 2.24) is 0 Å². The number of esters is 1. The largest absolute Gasteiger partial charge is 0.466 e. The quantitative estimate of drug-likeness (QED) is 0.484. The smallest absolute Gasteiger partial charge is 0.330 e. The molecule has 0 N–H and O–H groups in total. The Hall–Kier alpha value is -0.790. The molecule has 2 heteroatoms. The van der Waals surface area contributed by atoms with Crippen molar-refractivity contribution >= 4 is 5.97 Å². The lowest BCUT2D eigenvalue weighted by Gasteiger charge is -2.22. The van der Waals surface area contributed by atoms with Gasteiger partial charge in [-0.15, -0.1) is 0 Å². The van der Waals surface area contributed by atoms with Crippen LogP contribution in [0.15, 0.2) is 11.6 Å². The summed E-state index contributed by atoms with van der Waals surface area (Å²) in [4.78, 5) is 11.1. The van der Waals surface area contributed by atoms with E-state index in [4.69, 9.17) is 0 Å². The zero-order valence-corrected chi connectivity index (χ0v) is 8.89. The lowest BCUT2D eigenvalue weighted by molar-refractivity contribution is -0.135. The van der Waals surface area contributed by atoms with Crippen molar-refractivity contribution in [1.29, 1.82) is 0 Å². The third kappa shape index (κ3) is 2.87. The fraction of sp³-hybridized carbons (Fsp3) is 0.727. The van der Waals surface area contributed by atoms with E-state index in [1.54, 1.807) is 6.08 Å². The van der Waals surface area contributed by atoms with E-state index in [2.05, 4.69) is 25.5 Å². The Kier molecular flexibility index (Phi) is 2.79. The molecule has 0 aromatic rings. The van der Waals surface area contributed by atoms with E-state index >= 15 is 0 Å². The van der Waals surface area contributed by atoms with Gasteiger partial charge in [-0.3, -0.25) is 0 Å². The van der Waals surface area contributed by atoms with Gasteiger partial charge in [0.05, 0.1) is 7.11 Å². The Bertz CT molecular complexity index is 229. The molecule has 0 aromatic heterocycles. The van der Waals surface area contributed by atoms with Crippen LogP contribution in [0.2, 0.25) is 0 Å². The highest BCUT2D eigenvalue weighted by atomic mass is 16.5. The average molecular weight is 182 g/mol. The van der Waals surface area contributed by atoms with Crippen molar-refractivity contribution in [3.05, 3.63) is 11.6 Å². The van der Waals surface area contributed by atoms with Gasteiger partial charge in [-0.1, -0.05) is 26.3 Å². The molecule has 0 unspecified atom stereocenters. The molecule has 0 heterocycles. The summed E-state index contributed by atoms with van der Waals surface area (Å²) < 4.78 is 4.64. The fourth-order valence-electron chi connectivity index (χ4n) is 1.53. The van der Waals surface area contributed by atoms with E-state index in [1.807, 2.05) is 0 Å². The van der Waals surface area contributed by atoms with E-state index in [0.717, 1.165) is 0 Å². The molecule has 0 atom stereocenters. The van der Waals surface area contributed by atoms with Crippen LogP contribution in [0.25, 0.3) is 0 Å². The second-order valence-corrected chi connectivity index (χ2v) is 4.65. The van der Waals surface area contributed by atoms with Gasteiger partial charge in [-0.25, -0.2) is 4.79 Å². The zero-order chi connectivity index (χ0) is 10.1. The third-order valence-electron chi connectivity index (χ3n) is 2.36. The number of carbonyl (C=O) groups is 1. The first-order valence-electron chi connectivity index (χ1n) is 4.75. The Morgan fingerprint density at radius 3 is 2.23 bits per heavy atom. The molecule has 0 aromatic carbocycles. The van der Waals surface area contributed by atoms with E-state index in [1.165, 1.54) is 25.5 Å². The van der Waals surface area contributed by atoms with E-state index < -0.39 is 0 Å². The molecule has 74 valence electrons. The minimum atomic E-state index is -0.225. The van der Waals surface area contributed by atoms with E-state index in [0.29, 0.717) is 5.92 Å². The van der Waals surface area contributed by atoms with Crippen LogP contribution in [0.1, 0.15) is 33.6 Å². The number of hydrogen-bond donors (Lipinski definition) is 0. The van der Waals surface area contributed by atoms with Crippen LogP contribution in [0.5, 0.6) is 0 Å². The summed E-state index contributed by atoms with van der Waals surface area (Å²) in [7, 11) is 1.42. The Morgan fingerprint density at radius 2 is 1.92 bits per heavy atom. The molecule has 13 heavy (non-hydrogen) atoms. The van der Waals surface area contributed by atoms with E-state index in [9.17, 15) is 4.79 Å². The van der Waals surface area contributed by atoms with Gasteiger partial charge in [0, 0.05) is 6.08 Å². The molecule has 1 rings (SSSR count). The van der Waals surface area contributed by atoms with Gasteiger partial charge in [-0.05, 0) is 24.2 Å². The van der Waals surface area contributed by atoms with Crippen molar-refractivity contribution in [3.8, 4) is 0 Å². The SMILES string of the molecule is COC(=O)/C=C(\C1CC1)C(C)(C)C. The summed E-state index contributed by atoms with van der Waals surface area (Å²) in [5, 5.41) is 0. The van der Waals surface area contributed by atoms with Crippen LogP contribution in [0.4, 0.5) is 0 Å². The summed E-state index contributed by atoms with van der Waals surface area (Å²) in [5.74, 6) is 0.399. The second kappa shape index (κ2) is 3.52. The Balaban J connectivity index is 2.78. The van der Waals surface area contributed by atoms with Gasteiger partial charge in [0.1, 0.15) is 0 Å². The standard InChI is InChI=1S/C11H18O2/c1-11(2,3)9(8-5-6-8)7-10(12)13-4/h7-8H,5-6H2,1-4H3/b9-7+. The highest BCUT2D eigenvalue weighted by molar-refractivity contribution is 5.83. The Morgan fingerprint density at radius 1 is 1.38 bits per heavy atom. The minimum Gasteiger partial charge on any atom is -0.466 e. The van der Waals surface area contributed by atoms with Gasteiger partial charge < -0.3 is 4.74 Å². The Labute approximate surface area is 80.0 Å². The fourth-order valence-corrected chi connectivity index (χ4v) is 1.53. The van der Waals surface area contributed by atoms with Gasteiger partial charge in [0.15, 0.2) is 0 Å². The van der Waals surface area contributed by atoms with Gasteiger partial charge in [-0.2, -0.15) is 0 Å². The van der Waals surface area contributed by atoms with Crippen LogP contribution in [-0.2, 0) is 9.53 Å². The predicted octanol–water partition coefficient (Wildman–Crippen LogP) is 2.54. The van der Waals surface area contributed by atoms with Crippen molar-refractivity contribution in [2.45, 2.75) is 33.6 Å². The average Bonchev–Trinajstić information content (AvgIpc) is 2.80. The van der Waals surface area contributed by atoms with Crippen LogP contribution in [0, 0.1) is 11.3 Å². The first-order valence-corrected chi connectivity index (χ1v) is 4.75. The monoisotopic (exact) mass is 182 g/mol. The van der Waals surface area contributed by atoms with Gasteiger partial charge in [0.25, 0.3) is 0 Å². The molecule has 1 saturated carbocycles. The number of ether oxygens (including phenoxy) is 1. The summed E-state index contributed by atoms with van der Waals surface area (Å²) in [6.45, 7) is 6.42. The van der Waals surface area contributed by atoms with Crippen LogP contribution in [-0.4, -0.2) is 13.1 Å². The maximum atomic E-state index is 11.1. The molecule has 0 amide bonds. The van der Waals surface area contributed by atoms with Crippen molar-refractivity contribution < 1.29 is 9.53 Å². The first-order chi connectivity index (χ1) is 5.95. The lowest BCUT2D eigenvalue weighted by Crippen LogP contribution is -2.13. The topological polar surface area (TPSA) is 26.3 Å². The molecule has 0 radical (unpaired) electrons. The number of carbonyl (C=O) groups excluding carboxylic acids is 1.